The Balaban J connectivity index is 1.50. The Kier molecular flexibility index (Phi) is 5.36. The Labute approximate surface area is 174 Å². The van der Waals surface area contributed by atoms with Crippen LogP contribution in [0.4, 0.5) is 0 Å². The Morgan fingerprint density at radius 2 is 1.86 bits per heavy atom. The summed E-state index contributed by atoms with van der Waals surface area (Å²) in [4.78, 5) is 0. The van der Waals surface area contributed by atoms with E-state index in [4.69, 9.17) is 10.6 Å². The Morgan fingerprint density at radius 1 is 1.11 bits per heavy atom. The number of nitrogens with zero attached hydrogens (tertiary/aromatic N) is 4. The number of nitrogens with one attached hydrogen (secondary N) is 1. The minimum absolute atomic E-state index is 0.533. The molecule has 0 bridgehead atoms. The molecule has 0 aliphatic carbocycles. The first-order valence-electron chi connectivity index (χ1n) is 8.42. The van der Waals surface area contributed by atoms with Gasteiger partial charge in [0.2, 0.25) is 11.0 Å². The van der Waals surface area contributed by atoms with E-state index in [-0.39, 0.29) is 0 Å². The van der Waals surface area contributed by atoms with Crippen molar-refractivity contribution in [1.82, 2.24) is 25.1 Å². The van der Waals surface area contributed by atoms with Crippen LogP contribution in [0.5, 0.6) is 5.75 Å². The summed E-state index contributed by atoms with van der Waals surface area (Å²) in [6.45, 7) is 0. The first-order chi connectivity index (χ1) is 13.6. The monoisotopic (exact) mass is 456 g/mol. The van der Waals surface area contributed by atoms with Crippen molar-refractivity contribution in [2.45, 2.75) is 10.9 Å². The summed E-state index contributed by atoms with van der Waals surface area (Å²) in [5.74, 6) is 8.29. The summed E-state index contributed by atoms with van der Waals surface area (Å²) in [6.07, 6.45) is 0. The van der Waals surface area contributed by atoms with Crippen molar-refractivity contribution < 1.29 is 4.74 Å². The normalized spacial score (nSPS) is 10.9. The molecule has 2 aromatic carbocycles. The third kappa shape index (κ3) is 3.90. The van der Waals surface area contributed by atoms with Crippen molar-refractivity contribution in [3.8, 4) is 28.5 Å². The van der Waals surface area contributed by atoms with Crippen molar-refractivity contribution >= 4 is 27.7 Å². The minimum atomic E-state index is 0.533. The van der Waals surface area contributed by atoms with Crippen LogP contribution in [0.1, 0.15) is 5.56 Å². The minimum Gasteiger partial charge on any atom is -0.497 e. The molecule has 0 radical (unpaired) electrons. The fourth-order valence-electron chi connectivity index (χ4n) is 2.63. The molecule has 28 heavy (non-hydrogen) atoms. The average Bonchev–Trinajstić information content (AvgIpc) is 3.34. The second-order valence-corrected chi connectivity index (χ2v) is 7.84. The molecule has 0 fully saturated rings. The third-order valence-electron chi connectivity index (χ3n) is 4.15. The molecule has 0 saturated heterocycles. The van der Waals surface area contributed by atoms with E-state index in [0.717, 1.165) is 27.2 Å². The highest BCUT2D eigenvalue weighted by atomic mass is 79.9. The fourth-order valence-corrected chi connectivity index (χ4v) is 3.71. The smallest absolute Gasteiger partial charge is 0.210 e. The molecule has 142 valence electrons. The van der Waals surface area contributed by atoms with Crippen molar-refractivity contribution in [1.29, 1.82) is 0 Å². The molecule has 9 heteroatoms. The number of hydrogen-bond acceptors (Lipinski definition) is 6. The zero-order chi connectivity index (χ0) is 19.5. The predicted molar refractivity (Wildman–Crippen MR) is 113 cm³/mol. The Bertz CT molecular complexity index is 1070. The summed E-state index contributed by atoms with van der Waals surface area (Å²) in [5, 5.41) is 16.4. The van der Waals surface area contributed by atoms with E-state index in [0.29, 0.717) is 16.7 Å². The largest absolute Gasteiger partial charge is 0.497 e. The molecule has 0 unspecified atom stereocenters. The number of ether oxygens (including phenoxy) is 1. The lowest BCUT2D eigenvalue weighted by molar-refractivity contribution is 0.415. The summed E-state index contributed by atoms with van der Waals surface area (Å²) in [5.41, 5.74) is 3.65. The topological polar surface area (TPSA) is 94.6 Å². The lowest BCUT2D eigenvalue weighted by Crippen LogP contribution is -2.11. The van der Waals surface area contributed by atoms with Crippen LogP contribution >= 0.6 is 27.7 Å². The van der Waals surface area contributed by atoms with Gasteiger partial charge in [0, 0.05) is 15.8 Å². The Morgan fingerprint density at radius 3 is 2.57 bits per heavy atom. The van der Waals surface area contributed by atoms with Gasteiger partial charge in [-0.1, -0.05) is 39.8 Å². The van der Waals surface area contributed by atoms with Crippen LogP contribution in [-0.4, -0.2) is 32.2 Å². The maximum atomic E-state index is 6.21. The summed E-state index contributed by atoms with van der Waals surface area (Å²) < 4.78 is 7.72. The molecule has 4 rings (SSSR count). The van der Waals surface area contributed by atoms with Gasteiger partial charge in [0.15, 0.2) is 0 Å². The lowest BCUT2D eigenvalue weighted by Gasteiger charge is -2.03. The van der Waals surface area contributed by atoms with Gasteiger partial charge < -0.3 is 10.6 Å². The molecule has 0 aliphatic rings. The maximum absolute atomic E-state index is 6.21. The maximum Gasteiger partial charge on any atom is 0.210 e. The number of thioether (sulfide) groups is 1. The van der Waals surface area contributed by atoms with Gasteiger partial charge in [-0.2, -0.15) is 5.10 Å². The number of rotatable bonds is 6. The van der Waals surface area contributed by atoms with Gasteiger partial charge in [0.1, 0.15) is 11.4 Å². The highest BCUT2D eigenvalue weighted by Crippen LogP contribution is 2.27. The number of H-pyrrole nitrogens is 1. The van der Waals surface area contributed by atoms with E-state index in [1.54, 1.807) is 7.11 Å². The number of hydrogen-bond donors (Lipinski definition) is 2. The molecule has 0 spiro atoms. The second kappa shape index (κ2) is 8.07. The molecule has 0 amide bonds. The number of nitrogen functional groups attached to an aromatic ring is 1. The molecule has 7 nitrogen and oxygen atoms in total. The second-order valence-electron chi connectivity index (χ2n) is 5.99. The number of aromatic nitrogens is 5. The van der Waals surface area contributed by atoms with E-state index in [1.165, 1.54) is 22.0 Å². The van der Waals surface area contributed by atoms with Crippen LogP contribution in [0, 0.1) is 0 Å². The van der Waals surface area contributed by atoms with Gasteiger partial charge in [-0.25, -0.2) is 4.68 Å². The van der Waals surface area contributed by atoms with Crippen LogP contribution < -0.4 is 10.6 Å². The quantitative estimate of drug-likeness (QED) is 0.334. The molecule has 2 heterocycles. The van der Waals surface area contributed by atoms with Gasteiger partial charge in [-0.3, -0.25) is 5.10 Å². The van der Waals surface area contributed by atoms with Gasteiger partial charge in [-0.15, -0.1) is 10.2 Å². The predicted octanol–water partition coefficient (Wildman–Crippen LogP) is 4.11. The van der Waals surface area contributed by atoms with Crippen LogP contribution in [0.3, 0.4) is 0 Å². The van der Waals surface area contributed by atoms with Crippen molar-refractivity contribution in [3.63, 3.8) is 0 Å². The van der Waals surface area contributed by atoms with Gasteiger partial charge in [0.05, 0.1) is 12.8 Å². The van der Waals surface area contributed by atoms with Gasteiger partial charge >= 0.3 is 0 Å². The first-order valence-corrected chi connectivity index (χ1v) is 10.2. The first kappa shape index (κ1) is 18.6. The highest BCUT2D eigenvalue weighted by molar-refractivity contribution is 9.10. The zero-order valence-corrected chi connectivity index (χ0v) is 17.4. The molecule has 4 aromatic rings. The number of halogens is 1. The van der Waals surface area contributed by atoms with Crippen LogP contribution in [-0.2, 0) is 5.75 Å². The third-order valence-corrected chi connectivity index (χ3v) is 5.69. The zero-order valence-electron chi connectivity index (χ0n) is 15.0. The summed E-state index contributed by atoms with van der Waals surface area (Å²) in [6, 6.07) is 17.7. The van der Waals surface area contributed by atoms with Crippen molar-refractivity contribution in [2.24, 2.45) is 0 Å². The van der Waals surface area contributed by atoms with Gasteiger partial charge in [-0.05, 0) is 48.0 Å². The standard InChI is InChI=1S/C19H17BrN6OS/c1-27-15-8-4-13(5-9-15)16-10-17(23-22-16)18-24-25-19(26(18)21)28-11-12-2-6-14(20)7-3-12/h2-10H,11,21H2,1H3,(H,22,23). The van der Waals surface area contributed by atoms with E-state index in [1.807, 2.05) is 42.5 Å². The van der Waals surface area contributed by atoms with Crippen LogP contribution in [0.2, 0.25) is 0 Å². The van der Waals surface area contributed by atoms with E-state index in [2.05, 4.69) is 48.5 Å². The van der Waals surface area contributed by atoms with Gasteiger partial charge in [0.25, 0.3) is 0 Å². The molecule has 2 aromatic heterocycles. The van der Waals surface area contributed by atoms with E-state index in [9.17, 15) is 0 Å². The summed E-state index contributed by atoms with van der Waals surface area (Å²) >= 11 is 4.97. The Hall–Kier alpha value is -2.78. The van der Waals surface area contributed by atoms with Crippen molar-refractivity contribution in [3.05, 3.63) is 64.6 Å². The van der Waals surface area contributed by atoms with Crippen LogP contribution in [0.25, 0.3) is 22.8 Å². The number of methoxy groups -OCH3 is 1. The van der Waals surface area contributed by atoms with E-state index >= 15 is 0 Å². The number of nitrogens with two attached hydrogens (primary N) is 1. The SMILES string of the molecule is COc1ccc(-c2cc(-c3nnc(SCc4ccc(Br)cc4)n3N)[nH]n2)cc1. The molecule has 0 saturated carbocycles. The number of benzene rings is 2. The fraction of sp³-hybridized carbons (Fsp3) is 0.105. The van der Waals surface area contributed by atoms with E-state index < -0.39 is 0 Å². The summed E-state index contributed by atoms with van der Waals surface area (Å²) in [7, 11) is 1.64. The molecular formula is C19H17BrN6OS. The molecule has 0 atom stereocenters. The lowest BCUT2D eigenvalue weighted by atomic mass is 10.1. The highest BCUT2D eigenvalue weighted by Gasteiger charge is 2.15. The average molecular weight is 457 g/mol. The van der Waals surface area contributed by atoms with Crippen molar-refractivity contribution in [2.75, 3.05) is 13.0 Å². The van der Waals surface area contributed by atoms with Crippen LogP contribution in [0.15, 0.2) is 64.2 Å². The molecular weight excluding hydrogens is 440 g/mol. The number of aromatic amines is 1. The molecule has 0 aliphatic heterocycles. The molecule has 3 N–H and O–H groups in total.